The number of amides is 1. The number of aryl methyl sites for hydroxylation is 1. The summed E-state index contributed by atoms with van der Waals surface area (Å²) in [6.07, 6.45) is 1.72. The van der Waals surface area contributed by atoms with Crippen molar-refractivity contribution in [3.05, 3.63) is 45.5 Å². The Morgan fingerprint density at radius 1 is 1.42 bits per heavy atom. The molecule has 0 aliphatic heterocycles. The summed E-state index contributed by atoms with van der Waals surface area (Å²) >= 11 is 11.5. The maximum Gasteiger partial charge on any atom is 0.254 e. The second-order valence-electron chi connectivity index (χ2n) is 4.03. The predicted molar refractivity (Wildman–Crippen MR) is 73.4 cm³/mol. The van der Waals surface area contributed by atoms with Crippen LogP contribution in [0.3, 0.4) is 0 Å². The van der Waals surface area contributed by atoms with Gasteiger partial charge in [0.1, 0.15) is 10.3 Å². The molecule has 1 amide bonds. The minimum absolute atomic E-state index is 0.0907. The molecule has 0 atom stereocenters. The minimum Gasteiger partial charge on any atom is -0.348 e. The van der Waals surface area contributed by atoms with E-state index in [1.165, 1.54) is 6.07 Å². The van der Waals surface area contributed by atoms with Crippen LogP contribution in [0.15, 0.2) is 18.3 Å². The highest BCUT2D eigenvalue weighted by molar-refractivity contribution is 6.34. The first kappa shape index (κ1) is 13.8. The summed E-state index contributed by atoms with van der Waals surface area (Å²) in [6.45, 7) is 2.32. The number of nitrogens with one attached hydrogen (secondary N) is 1. The highest BCUT2D eigenvalue weighted by Crippen LogP contribution is 2.16. The number of aromatic nitrogens is 3. The van der Waals surface area contributed by atoms with Gasteiger partial charge in [0.2, 0.25) is 0 Å². The second-order valence-corrected chi connectivity index (χ2v) is 4.78. The molecule has 2 aromatic heterocycles. The lowest BCUT2D eigenvalue weighted by atomic mass is 10.2. The Morgan fingerprint density at radius 3 is 2.74 bits per heavy atom. The third-order valence-corrected chi connectivity index (χ3v) is 3.33. The van der Waals surface area contributed by atoms with Crippen LogP contribution in [0.25, 0.3) is 0 Å². The zero-order valence-electron chi connectivity index (χ0n) is 10.4. The van der Waals surface area contributed by atoms with Crippen molar-refractivity contribution in [2.45, 2.75) is 13.5 Å². The maximum atomic E-state index is 12.0. The van der Waals surface area contributed by atoms with E-state index in [0.29, 0.717) is 12.1 Å². The van der Waals surface area contributed by atoms with Gasteiger partial charge in [-0.05, 0) is 19.1 Å². The molecule has 0 saturated carbocycles. The molecule has 5 nitrogen and oxygen atoms in total. The van der Waals surface area contributed by atoms with Crippen LogP contribution in [0.5, 0.6) is 0 Å². The van der Waals surface area contributed by atoms with Crippen LogP contribution in [0.2, 0.25) is 10.3 Å². The smallest absolute Gasteiger partial charge is 0.254 e. The summed E-state index contributed by atoms with van der Waals surface area (Å²) in [7, 11) is 1.85. The molecule has 0 saturated heterocycles. The van der Waals surface area contributed by atoms with Crippen LogP contribution in [0.1, 0.15) is 21.6 Å². The number of hydrogen-bond donors (Lipinski definition) is 1. The van der Waals surface area contributed by atoms with Crippen LogP contribution in [-0.4, -0.2) is 20.7 Å². The van der Waals surface area contributed by atoms with Crippen molar-refractivity contribution < 1.29 is 4.79 Å². The fourth-order valence-electron chi connectivity index (χ4n) is 1.57. The number of carbonyl (C=O) groups excluding carboxylic acids is 1. The topological polar surface area (TPSA) is 59.8 Å². The zero-order valence-corrected chi connectivity index (χ0v) is 12.0. The summed E-state index contributed by atoms with van der Waals surface area (Å²) in [5, 5.41) is 7.22. The van der Waals surface area contributed by atoms with Gasteiger partial charge >= 0.3 is 0 Å². The number of halogens is 2. The first-order valence-corrected chi connectivity index (χ1v) is 6.32. The molecule has 7 heteroatoms. The Kier molecular flexibility index (Phi) is 4.07. The predicted octanol–water partition coefficient (Wildman–Crippen LogP) is 2.36. The SMILES string of the molecule is Cc1c(CNC(=O)c2ccc(Cl)nc2Cl)cnn1C. The molecule has 0 spiro atoms. The third-order valence-electron chi connectivity index (χ3n) is 2.84. The molecular formula is C12H12Cl2N4O. The fourth-order valence-corrected chi connectivity index (χ4v) is 2.00. The van der Waals surface area contributed by atoms with Gasteiger partial charge < -0.3 is 5.32 Å². The Balaban J connectivity index is 2.07. The van der Waals surface area contributed by atoms with E-state index < -0.39 is 0 Å². The largest absolute Gasteiger partial charge is 0.348 e. The van der Waals surface area contributed by atoms with Crippen molar-refractivity contribution in [3.8, 4) is 0 Å². The van der Waals surface area contributed by atoms with E-state index >= 15 is 0 Å². The first-order valence-electron chi connectivity index (χ1n) is 5.56. The van der Waals surface area contributed by atoms with Crippen LogP contribution >= 0.6 is 23.2 Å². The highest BCUT2D eigenvalue weighted by Gasteiger charge is 2.12. The number of hydrogen-bond acceptors (Lipinski definition) is 3. The number of carbonyl (C=O) groups is 1. The molecule has 0 fully saturated rings. The van der Waals surface area contributed by atoms with Gasteiger partial charge in [-0.1, -0.05) is 23.2 Å². The Morgan fingerprint density at radius 2 is 2.16 bits per heavy atom. The fraction of sp³-hybridized carbons (Fsp3) is 0.250. The lowest BCUT2D eigenvalue weighted by molar-refractivity contribution is 0.0950. The van der Waals surface area contributed by atoms with E-state index in [1.54, 1.807) is 16.9 Å². The molecule has 0 aliphatic carbocycles. The number of pyridine rings is 1. The molecule has 0 bridgehead atoms. The third kappa shape index (κ3) is 3.05. The molecule has 2 rings (SSSR count). The van der Waals surface area contributed by atoms with Crippen molar-refractivity contribution in [2.75, 3.05) is 0 Å². The van der Waals surface area contributed by atoms with Crippen molar-refractivity contribution >= 4 is 29.1 Å². The second kappa shape index (κ2) is 5.59. The summed E-state index contributed by atoms with van der Waals surface area (Å²) in [4.78, 5) is 15.8. The Labute approximate surface area is 120 Å². The Bertz CT molecular complexity index is 624. The monoisotopic (exact) mass is 298 g/mol. The van der Waals surface area contributed by atoms with E-state index in [9.17, 15) is 4.79 Å². The minimum atomic E-state index is -0.294. The van der Waals surface area contributed by atoms with Crippen LogP contribution in [0.4, 0.5) is 0 Å². The number of rotatable bonds is 3. The number of nitrogens with zero attached hydrogens (tertiary/aromatic N) is 3. The van der Waals surface area contributed by atoms with Gasteiger partial charge in [0.15, 0.2) is 0 Å². The lowest BCUT2D eigenvalue weighted by Gasteiger charge is -2.06. The van der Waals surface area contributed by atoms with E-state index in [2.05, 4.69) is 15.4 Å². The molecule has 0 radical (unpaired) electrons. The summed E-state index contributed by atoms with van der Waals surface area (Å²) in [5.74, 6) is -0.294. The van der Waals surface area contributed by atoms with Crippen LogP contribution in [-0.2, 0) is 13.6 Å². The summed E-state index contributed by atoms with van der Waals surface area (Å²) in [5.41, 5.74) is 2.25. The first-order chi connectivity index (χ1) is 8.99. The quantitative estimate of drug-likeness (QED) is 0.885. The van der Waals surface area contributed by atoms with Crippen molar-refractivity contribution in [1.82, 2.24) is 20.1 Å². The van der Waals surface area contributed by atoms with Crippen molar-refractivity contribution in [2.24, 2.45) is 7.05 Å². The van der Waals surface area contributed by atoms with Gasteiger partial charge in [0.05, 0.1) is 11.8 Å². The molecule has 100 valence electrons. The molecule has 19 heavy (non-hydrogen) atoms. The van der Waals surface area contributed by atoms with Gasteiger partial charge in [0.25, 0.3) is 5.91 Å². The van der Waals surface area contributed by atoms with E-state index in [0.717, 1.165) is 11.3 Å². The highest BCUT2D eigenvalue weighted by atomic mass is 35.5. The average Bonchev–Trinajstić information content (AvgIpc) is 2.67. The van der Waals surface area contributed by atoms with Crippen LogP contribution in [0, 0.1) is 6.92 Å². The van der Waals surface area contributed by atoms with Gasteiger partial charge in [-0.25, -0.2) is 4.98 Å². The normalized spacial score (nSPS) is 10.5. The standard InChI is InChI=1S/C12H12Cl2N4O/c1-7-8(6-16-18(7)2)5-15-12(19)9-3-4-10(13)17-11(9)14/h3-4,6H,5H2,1-2H3,(H,15,19). The molecule has 0 aromatic carbocycles. The van der Waals surface area contributed by atoms with Gasteiger partial charge in [0, 0.05) is 24.8 Å². The molecule has 2 heterocycles. The van der Waals surface area contributed by atoms with E-state index in [1.807, 2.05) is 14.0 Å². The summed E-state index contributed by atoms with van der Waals surface area (Å²) < 4.78 is 1.75. The van der Waals surface area contributed by atoms with Gasteiger partial charge in [-0.2, -0.15) is 5.10 Å². The van der Waals surface area contributed by atoms with Crippen molar-refractivity contribution in [1.29, 1.82) is 0 Å². The zero-order chi connectivity index (χ0) is 14.0. The molecule has 1 N–H and O–H groups in total. The molecule has 0 aliphatic rings. The molecule has 2 aromatic rings. The average molecular weight is 299 g/mol. The van der Waals surface area contributed by atoms with Gasteiger partial charge in [-0.3, -0.25) is 9.48 Å². The van der Waals surface area contributed by atoms with Crippen molar-refractivity contribution in [3.63, 3.8) is 0 Å². The maximum absolute atomic E-state index is 12.0. The summed E-state index contributed by atoms with van der Waals surface area (Å²) in [6, 6.07) is 3.07. The molecular weight excluding hydrogens is 287 g/mol. The Hall–Kier alpha value is -1.59. The van der Waals surface area contributed by atoms with Crippen LogP contribution < -0.4 is 5.32 Å². The lowest BCUT2D eigenvalue weighted by Crippen LogP contribution is -2.23. The molecule has 0 unspecified atom stereocenters. The van der Waals surface area contributed by atoms with E-state index in [4.69, 9.17) is 23.2 Å². The van der Waals surface area contributed by atoms with E-state index in [-0.39, 0.29) is 16.2 Å². The van der Waals surface area contributed by atoms with Gasteiger partial charge in [-0.15, -0.1) is 0 Å².